The van der Waals surface area contributed by atoms with Gasteiger partial charge < -0.3 is 14.8 Å². The number of hydrogen-bond acceptors (Lipinski definition) is 5. The molecular formula is C12H21NO3S. The van der Waals surface area contributed by atoms with Crippen LogP contribution in [0.25, 0.3) is 0 Å². The molecule has 5 heteroatoms. The van der Waals surface area contributed by atoms with E-state index in [2.05, 4.69) is 5.32 Å². The monoisotopic (exact) mass is 259 g/mol. The van der Waals surface area contributed by atoms with Gasteiger partial charge in [-0.2, -0.15) is 11.8 Å². The predicted molar refractivity (Wildman–Crippen MR) is 68.2 cm³/mol. The Morgan fingerprint density at radius 3 is 2.65 bits per heavy atom. The maximum absolute atomic E-state index is 12.2. The molecule has 1 saturated carbocycles. The van der Waals surface area contributed by atoms with Crippen LogP contribution < -0.4 is 5.32 Å². The lowest BCUT2D eigenvalue weighted by molar-refractivity contribution is -0.151. The van der Waals surface area contributed by atoms with E-state index in [0.29, 0.717) is 17.8 Å². The van der Waals surface area contributed by atoms with Gasteiger partial charge in [0.2, 0.25) is 0 Å². The zero-order chi connectivity index (χ0) is 12.3. The second-order valence-corrected chi connectivity index (χ2v) is 5.98. The van der Waals surface area contributed by atoms with Gasteiger partial charge in [0.25, 0.3) is 0 Å². The summed E-state index contributed by atoms with van der Waals surface area (Å²) in [4.78, 5) is 12.2. The zero-order valence-corrected chi connectivity index (χ0v) is 11.3. The third-order valence-electron chi connectivity index (χ3n) is 3.51. The Kier molecular flexibility index (Phi) is 4.33. The standard InChI is InChI=1S/C12H21NO3S/c1-3-16-11(14)12(13-2,9-4-5-9)8-17-10-6-15-7-10/h9-10,13H,3-8H2,1-2H3. The first kappa shape index (κ1) is 13.2. The molecule has 0 bridgehead atoms. The molecule has 0 amide bonds. The van der Waals surface area contributed by atoms with Crippen LogP contribution in [0.5, 0.6) is 0 Å². The Morgan fingerprint density at radius 2 is 2.24 bits per heavy atom. The van der Waals surface area contributed by atoms with Gasteiger partial charge in [-0.25, -0.2) is 0 Å². The van der Waals surface area contributed by atoms with Crippen LogP contribution in [0, 0.1) is 5.92 Å². The Balaban J connectivity index is 1.96. The molecule has 0 aromatic rings. The number of rotatable bonds is 7. The molecule has 2 fully saturated rings. The lowest BCUT2D eigenvalue weighted by Crippen LogP contribution is -2.56. The summed E-state index contributed by atoms with van der Waals surface area (Å²) in [7, 11) is 1.87. The highest BCUT2D eigenvalue weighted by Crippen LogP contribution is 2.42. The van der Waals surface area contributed by atoms with Crippen LogP contribution >= 0.6 is 11.8 Å². The van der Waals surface area contributed by atoms with Crippen molar-refractivity contribution in [2.45, 2.75) is 30.6 Å². The van der Waals surface area contributed by atoms with Gasteiger partial charge in [0.1, 0.15) is 5.54 Å². The van der Waals surface area contributed by atoms with Gasteiger partial charge in [-0.15, -0.1) is 0 Å². The number of carbonyl (C=O) groups excluding carboxylic acids is 1. The number of esters is 1. The highest BCUT2D eigenvalue weighted by atomic mass is 32.2. The van der Waals surface area contributed by atoms with Crippen molar-refractivity contribution < 1.29 is 14.3 Å². The highest BCUT2D eigenvalue weighted by molar-refractivity contribution is 8.00. The third kappa shape index (κ3) is 2.77. The molecule has 0 aromatic carbocycles. The quantitative estimate of drug-likeness (QED) is 0.693. The van der Waals surface area contributed by atoms with Crippen molar-refractivity contribution in [3.63, 3.8) is 0 Å². The van der Waals surface area contributed by atoms with E-state index in [1.807, 2.05) is 25.7 Å². The van der Waals surface area contributed by atoms with E-state index in [9.17, 15) is 4.79 Å². The molecular weight excluding hydrogens is 238 g/mol. The summed E-state index contributed by atoms with van der Waals surface area (Å²) < 4.78 is 10.4. The van der Waals surface area contributed by atoms with Gasteiger partial charge in [-0.05, 0) is 32.7 Å². The molecule has 4 nitrogen and oxygen atoms in total. The second-order valence-electron chi connectivity index (χ2n) is 4.69. The van der Waals surface area contributed by atoms with Crippen LogP contribution in [0.2, 0.25) is 0 Å². The van der Waals surface area contributed by atoms with Gasteiger partial charge >= 0.3 is 5.97 Å². The largest absolute Gasteiger partial charge is 0.465 e. The Labute approximate surface area is 107 Å². The topological polar surface area (TPSA) is 47.6 Å². The lowest BCUT2D eigenvalue weighted by Gasteiger charge is -2.34. The van der Waals surface area contributed by atoms with Crippen LogP contribution in [0.1, 0.15) is 19.8 Å². The van der Waals surface area contributed by atoms with E-state index >= 15 is 0 Å². The van der Waals surface area contributed by atoms with Crippen LogP contribution in [-0.4, -0.2) is 49.4 Å². The molecule has 1 aliphatic heterocycles. The van der Waals surface area contributed by atoms with Gasteiger partial charge in [0.05, 0.1) is 25.1 Å². The third-order valence-corrected chi connectivity index (χ3v) is 4.88. The van der Waals surface area contributed by atoms with Crippen LogP contribution in [0.3, 0.4) is 0 Å². The van der Waals surface area contributed by atoms with E-state index in [4.69, 9.17) is 9.47 Å². The second kappa shape index (κ2) is 5.59. The molecule has 0 aromatic heterocycles. The summed E-state index contributed by atoms with van der Waals surface area (Å²) in [6.45, 7) is 3.94. The Bertz CT molecular complexity index is 279. The van der Waals surface area contributed by atoms with Gasteiger partial charge in [-0.3, -0.25) is 4.79 Å². The Hall–Kier alpha value is -0.260. The Morgan fingerprint density at radius 1 is 1.53 bits per heavy atom. The minimum atomic E-state index is -0.476. The number of hydrogen-bond donors (Lipinski definition) is 1. The summed E-state index contributed by atoms with van der Waals surface area (Å²) in [5.41, 5.74) is -0.476. The first-order chi connectivity index (χ1) is 8.23. The molecule has 0 spiro atoms. The number of nitrogens with one attached hydrogen (secondary N) is 1. The summed E-state index contributed by atoms with van der Waals surface area (Å²) >= 11 is 1.83. The summed E-state index contributed by atoms with van der Waals surface area (Å²) in [6, 6.07) is 0. The summed E-state index contributed by atoms with van der Waals surface area (Å²) in [6.07, 6.45) is 2.25. The van der Waals surface area contributed by atoms with E-state index < -0.39 is 5.54 Å². The van der Waals surface area contributed by atoms with Crippen molar-refractivity contribution in [2.24, 2.45) is 5.92 Å². The molecule has 17 heavy (non-hydrogen) atoms. The zero-order valence-electron chi connectivity index (χ0n) is 10.5. The molecule has 1 N–H and O–H groups in total. The summed E-state index contributed by atoms with van der Waals surface area (Å²) in [5.74, 6) is 1.15. The van der Waals surface area contributed by atoms with Gasteiger partial charge in [-0.1, -0.05) is 0 Å². The molecule has 1 saturated heterocycles. The maximum Gasteiger partial charge on any atom is 0.327 e. The minimum Gasteiger partial charge on any atom is -0.465 e. The van der Waals surface area contributed by atoms with E-state index in [1.54, 1.807) is 0 Å². The average molecular weight is 259 g/mol. The van der Waals surface area contributed by atoms with Crippen molar-refractivity contribution in [3.05, 3.63) is 0 Å². The molecule has 2 aliphatic rings. The summed E-state index contributed by atoms with van der Waals surface area (Å²) in [5, 5.41) is 3.78. The van der Waals surface area contributed by atoms with Crippen molar-refractivity contribution >= 4 is 17.7 Å². The SMILES string of the molecule is CCOC(=O)C(CSC1COC1)(NC)C1CC1. The van der Waals surface area contributed by atoms with E-state index in [1.165, 1.54) is 0 Å². The number of likely N-dealkylation sites (N-methyl/N-ethyl adjacent to an activating group) is 1. The van der Waals surface area contributed by atoms with Gasteiger partial charge in [0.15, 0.2) is 0 Å². The van der Waals surface area contributed by atoms with Crippen molar-refractivity contribution in [1.29, 1.82) is 0 Å². The van der Waals surface area contributed by atoms with Crippen molar-refractivity contribution in [1.82, 2.24) is 5.32 Å². The van der Waals surface area contributed by atoms with Crippen LogP contribution in [0.4, 0.5) is 0 Å². The number of thioether (sulfide) groups is 1. The normalized spacial score (nSPS) is 23.9. The average Bonchev–Trinajstić information content (AvgIpc) is 3.06. The molecule has 2 rings (SSSR count). The highest BCUT2D eigenvalue weighted by Gasteiger charge is 2.51. The predicted octanol–water partition coefficient (Wildman–Crippen LogP) is 1.05. The minimum absolute atomic E-state index is 0.0854. The smallest absolute Gasteiger partial charge is 0.327 e. The van der Waals surface area contributed by atoms with Crippen LogP contribution in [-0.2, 0) is 14.3 Å². The lowest BCUT2D eigenvalue weighted by atomic mass is 9.96. The molecule has 98 valence electrons. The fraction of sp³-hybridized carbons (Fsp3) is 0.917. The molecule has 1 aliphatic carbocycles. The van der Waals surface area contributed by atoms with E-state index in [0.717, 1.165) is 31.8 Å². The van der Waals surface area contributed by atoms with Crippen molar-refractivity contribution in [2.75, 3.05) is 32.6 Å². The van der Waals surface area contributed by atoms with Crippen molar-refractivity contribution in [3.8, 4) is 0 Å². The first-order valence-electron chi connectivity index (χ1n) is 6.28. The number of carbonyl (C=O) groups is 1. The molecule has 0 radical (unpaired) electrons. The maximum atomic E-state index is 12.2. The first-order valence-corrected chi connectivity index (χ1v) is 7.33. The molecule has 1 atom stereocenters. The number of ether oxygens (including phenoxy) is 2. The van der Waals surface area contributed by atoms with E-state index in [-0.39, 0.29) is 5.97 Å². The molecule has 1 heterocycles. The van der Waals surface area contributed by atoms with Gasteiger partial charge in [0, 0.05) is 5.75 Å². The molecule has 1 unspecified atom stereocenters. The van der Waals surface area contributed by atoms with Crippen LogP contribution in [0.15, 0.2) is 0 Å². The fourth-order valence-corrected chi connectivity index (χ4v) is 3.50. The fourth-order valence-electron chi connectivity index (χ4n) is 2.12.